The van der Waals surface area contributed by atoms with Crippen LogP contribution in [0, 0.1) is 0 Å². The SMILES string of the molecule is NCCCCCCCCCCCC(N)C(N)CN. The quantitative estimate of drug-likeness (QED) is 0.375. The molecule has 0 aromatic heterocycles. The molecule has 2 atom stereocenters. The maximum atomic E-state index is 5.92. The molecule has 18 heavy (non-hydrogen) atoms. The first-order valence-corrected chi connectivity index (χ1v) is 7.63. The second kappa shape index (κ2) is 13.3. The van der Waals surface area contributed by atoms with Gasteiger partial charge >= 0.3 is 0 Å². The minimum Gasteiger partial charge on any atom is -0.330 e. The van der Waals surface area contributed by atoms with E-state index in [4.69, 9.17) is 22.9 Å². The van der Waals surface area contributed by atoms with E-state index in [-0.39, 0.29) is 12.1 Å². The van der Waals surface area contributed by atoms with E-state index in [0.717, 1.165) is 13.0 Å². The Bertz CT molecular complexity index is 164. The Morgan fingerprint density at radius 1 is 0.556 bits per heavy atom. The van der Waals surface area contributed by atoms with Gasteiger partial charge in [-0.25, -0.2) is 0 Å². The van der Waals surface area contributed by atoms with Crippen LogP contribution in [0.25, 0.3) is 0 Å². The van der Waals surface area contributed by atoms with Crippen LogP contribution >= 0.6 is 0 Å². The fraction of sp³-hybridized carbons (Fsp3) is 1.00. The second-order valence-electron chi connectivity index (χ2n) is 5.32. The summed E-state index contributed by atoms with van der Waals surface area (Å²) in [6.07, 6.45) is 12.7. The maximum Gasteiger partial charge on any atom is 0.0317 e. The summed E-state index contributed by atoms with van der Waals surface area (Å²) in [4.78, 5) is 0. The highest BCUT2D eigenvalue weighted by atomic mass is 14.8. The molecular formula is C14H34N4. The van der Waals surface area contributed by atoms with Crippen molar-refractivity contribution in [1.82, 2.24) is 0 Å². The van der Waals surface area contributed by atoms with Gasteiger partial charge in [0.25, 0.3) is 0 Å². The van der Waals surface area contributed by atoms with E-state index in [1.54, 1.807) is 0 Å². The van der Waals surface area contributed by atoms with Crippen LogP contribution in [0.3, 0.4) is 0 Å². The zero-order valence-electron chi connectivity index (χ0n) is 11.9. The predicted molar refractivity (Wildman–Crippen MR) is 80.2 cm³/mol. The molecule has 0 aromatic carbocycles. The van der Waals surface area contributed by atoms with E-state index in [9.17, 15) is 0 Å². The molecule has 0 aromatic rings. The Morgan fingerprint density at radius 3 is 1.44 bits per heavy atom. The second-order valence-corrected chi connectivity index (χ2v) is 5.32. The van der Waals surface area contributed by atoms with Gasteiger partial charge in [-0.05, 0) is 19.4 Å². The summed E-state index contributed by atoms with van der Waals surface area (Å²) in [6, 6.07) is 0.0406. The zero-order valence-corrected chi connectivity index (χ0v) is 11.9. The van der Waals surface area contributed by atoms with Gasteiger partial charge in [0.05, 0.1) is 0 Å². The summed E-state index contributed by atoms with van der Waals surface area (Å²) in [7, 11) is 0. The smallest absolute Gasteiger partial charge is 0.0317 e. The minimum absolute atomic E-state index is 0.0347. The number of hydrogen-bond donors (Lipinski definition) is 4. The van der Waals surface area contributed by atoms with Gasteiger partial charge in [0.2, 0.25) is 0 Å². The number of rotatable bonds is 13. The Labute approximate surface area is 113 Å². The molecular weight excluding hydrogens is 224 g/mol. The fourth-order valence-electron chi connectivity index (χ4n) is 2.15. The molecule has 0 aliphatic rings. The summed E-state index contributed by atoms with van der Waals surface area (Å²) in [6.45, 7) is 1.33. The summed E-state index contributed by atoms with van der Waals surface area (Å²) in [5.74, 6) is 0. The molecule has 8 N–H and O–H groups in total. The van der Waals surface area contributed by atoms with Crippen molar-refractivity contribution in [3.63, 3.8) is 0 Å². The first kappa shape index (κ1) is 17.8. The first-order chi connectivity index (χ1) is 8.72. The molecule has 0 aliphatic carbocycles. The lowest BCUT2D eigenvalue weighted by Crippen LogP contribution is -2.46. The standard InChI is InChI=1S/C14H34N4/c15-11-9-7-5-3-1-2-4-6-8-10-13(17)14(18)12-16/h13-14H,1-12,15-18H2. The van der Waals surface area contributed by atoms with Crippen molar-refractivity contribution >= 4 is 0 Å². The summed E-state index contributed by atoms with van der Waals surface area (Å²) in [5.41, 5.74) is 22.6. The summed E-state index contributed by atoms with van der Waals surface area (Å²) in [5, 5.41) is 0. The Kier molecular flexibility index (Phi) is 13.2. The molecule has 0 heterocycles. The van der Waals surface area contributed by atoms with E-state index >= 15 is 0 Å². The summed E-state index contributed by atoms with van der Waals surface area (Å²) < 4.78 is 0. The van der Waals surface area contributed by atoms with E-state index in [2.05, 4.69) is 0 Å². The van der Waals surface area contributed by atoms with Crippen LogP contribution in [-0.4, -0.2) is 25.2 Å². The van der Waals surface area contributed by atoms with Crippen molar-refractivity contribution in [2.45, 2.75) is 76.3 Å². The van der Waals surface area contributed by atoms with Gasteiger partial charge in [-0.2, -0.15) is 0 Å². The fourth-order valence-corrected chi connectivity index (χ4v) is 2.15. The minimum atomic E-state index is -0.0347. The third kappa shape index (κ3) is 11.0. The predicted octanol–water partition coefficient (Wildman–Crippen LogP) is 1.46. The lowest BCUT2D eigenvalue weighted by Gasteiger charge is -2.17. The number of hydrogen-bond acceptors (Lipinski definition) is 4. The Hall–Kier alpha value is -0.160. The van der Waals surface area contributed by atoms with Crippen molar-refractivity contribution < 1.29 is 0 Å². The van der Waals surface area contributed by atoms with Gasteiger partial charge in [0.1, 0.15) is 0 Å². The molecule has 4 heteroatoms. The molecule has 0 rings (SSSR count). The van der Waals surface area contributed by atoms with Crippen molar-refractivity contribution in [3.8, 4) is 0 Å². The van der Waals surface area contributed by atoms with Gasteiger partial charge in [0, 0.05) is 18.6 Å². The van der Waals surface area contributed by atoms with Crippen LogP contribution in [0.15, 0.2) is 0 Å². The highest BCUT2D eigenvalue weighted by molar-refractivity contribution is 4.76. The normalized spacial score (nSPS) is 14.7. The van der Waals surface area contributed by atoms with Crippen molar-refractivity contribution in [2.24, 2.45) is 22.9 Å². The van der Waals surface area contributed by atoms with Gasteiger partial charge in [-0.1, -0.05) is 51.4 Å². The van der Waals surface area contributed by atoms with E-state index in [0.29, 0.717) is 6.54 Å². The van der Waals surface area contributed by atoms with Crippen LogP contribution < -0.4 is 22.9 Å². The molecule has 0 amide bonds. The third-order valence-corrected chi connectivity index (χ3v) is 3.56. The van der Waals surface area contributed by atoms with E-state index in [1.165, 1.54) is 57.8 Å². The highest BCUT2D eigenvalue weighted by Crippen LogP contribution is 2.11. The molecule has 4 nitrogen and oxygen atoms in total. The van der Waals surface area contributed by atoms with Gasteiger partial charge in [-0.15, -0.1) is 0 Å². The molecule has 0 spiro atoms. The Morgan fingerprint density at radius 2 is 1.00 bits per heavy atom. The molecule has 0 bridgehead atoms. The van der Waals surface area contributed by atoms with Gasteiger partial charge < -0.3 is 22.9 Å². The van der Waals surface area contributed by atoms with E-state index < -0.39 is 0 Å². The van der Waals surface area contributed by atoms with Crippen LogP contribution in [0.2, 0.25) is 0 Å². The lowest BCUT2D eigenvalue weighted by atomic mass is 10.0. The van der Waals surface area contributed by atoms with Crippen LogP contribution in [-0.2, 0) is 0 Å². The zero-order chi connectivity index (χ0) is 13.6. The largest absolute Gasteiger partial charge is 0.330 e. The molecule has 0 saturated carbocycles. The molecule has 110 valence electrons. The topological polar surface area (TPSA) is 104 Å². The van der Waals surface area contributed by atoms with Gasteiger partial charge in [-0.3, -0.25) is 0 Å². The van der Waals surface area contributed by atoms with Crippen molar-refractivity contribution in [1.29, 1.82) is 0 Å². The van der Waals surface area contributed by atoms with E-state index in [1.807, 2.05) is 0 Å². The molecule has 0 aliphatic heterocycles. The van der Waals surface area contributed by atoms with Crippen LogP contribution in [0.1, 0.15) is 64.2 Å². The average Bonchev–Trinajstić information content (AvgIpc) is 2.39. The number of nitrogens with two attached hydrogens (primary N) is 4. The van der Waals surface area contributed by atoms with Crippen molar-refractivity contribution in [3.05, 3.63) is 0 Å². The summed E-state index contributed by atoms with van der Waals surface area (Å²) >= 11 is 0. The Balaban J connectivity index is 3.11. The molecule has 0 fully saturated rings. The van der Waals surface area contributed by atoms with Gasteiger partial charge in [0.15, 0.2) is 0 Å². The molecule has 0 radical (unpaired) electrons. The molecule has 0 saturated heterocycles. The lowest BCUT2D eigenvalue weighted by molar-refractivity contribution is 0.467. The van der Waals surface area contributed by atoms with Crippen LogP contribution in [0.4, 0.5) is 0 Å². The monoisotopic (exact) mass is 258 g/mol. The number of unbranched alkanes of at least 4 members (excludes halogenated alkanes) is 8. The first-order valence-electron chi connectivity index (χ1n) is 7.63. The van der Waals surface area contributed by atoms with Crippen LogP contribution in [0.5, 0.6) is 0 Å². The maximum absolute atomic E-state index is 5.92. The average molecular weight is 258 g/mol. The van der Waals surface area contributed by atoms with Crippen molar-refractivity contribution in [2.75, 3.05) is 13.1 Å². The highest BCUT2D eigenvalue weighted by Gasteiger charge is 2.10. The third-order valence-electron chi connectivity index (χ3n) is 3.56. The molecule has 2 unspecified atom stereocenters.